The second-order valence-corrected chi connectivity index (χ2v) is 6.55. The van der Waals surface area contributed by atoms with Gasteiger partial charge in [-0.25, -0.2) is 0 Å². The van der Waals surface area contributed by atoms with Crippen LogP contribution in [0.25, 0.3) is 0 Å². The number of rotatable bonds is 7. The van der Waals surface area contributed by atoms with Gasteiger partial charge in [0.15, 0.2) is 0 Å². The maximum absolute atomic E-state index is 12.5. The van der Waals surface area contributed by atoms with Gasteiger partial charge in [0.1, 0.15) is 11.5 Å². The summed E-state index contributed by atoms with van der Waals surface area (Å²) in [7, 11) is 3.10. The molecule has 1 saturated heterocycles. The molecule has 0 spiro atoms. The Bertz CT molecular complexity index is 847. The SMILES string of the molecule is COc1ccc(OC)c(NC(=O)CNc2cccc(C(=O)N3CCCC3)c2)c1. The molecule has 1 aliphatic heterocycles. The molecular formula is C21H25N3O4. The number of amides is 2. The smallest absolute Gasteiger partial charge is 0.253 e. The highest BCUT2D eigenvalue weighted by atomic mass is 16.5. The highest BCUT2D eigenvalue weighted by Crippen LogP contribution is 2.28. The molecule has 7 nitrogen and oxygen atoms in total. The lowest BCUT2D eigenvalue weighted by Gasteiger charge is -2.16. The Hall–Kier alpha value is -3.22. The number of methoxy groups -OCH3 is 2. The number of carbonyl (C=O) groups excluding carboxylic acids is 2. The number of nitrogens with one attached hydrogen (secondary N) is 2. The second-order valence-electron chi connectivity index (χ2n) is 6.55. The lowest BCUT2D eigenvalue weighted by atomic mass is 10.1. The summed E-state index contributed by atoms with van der Waals surface area (Å²) in [5.74, 6) is 0.971. The largest absolute Gasteiger partial charge is 0.497 e. The van der Waals surface area contributed by atoms with Crippen molar-refractivity contribution in [1.29, 1.82) is 0 Å². The summed E-state index contributed by atoms with van der Waals surface area (Å²) in [6, 6.07) is 12.4. The van der Waals surface area contributed by atoms with Crippen LogP contribution < -0.4 is 20.1 Å². The molecule has 0 bridgehead atoms. The zero-order valence-electron chi connectivity index (χ0n) is 16.2. The van der Waals surface area contributed by atoms with E-state index in [1.54, 1.807) is 44.6 Å². The fraction of sp³-hybridized carbons (Fsp3) is 0.333. The molecular weight excluding hydrogens is 358 g/mol. The minimum absolute atomic E-state index is 0.0340. The molecule has 3 rings (SSSR count). The standard InChI is InChI=1S/C21H25N3O4/c1-27-17-8-9-19(28-2)18(13-17)23-20(25)14-22-16-7-5-6-15(12-16)21(26)24-10-3-4-11-24/h5-9,12-13,22H,3-4,10-11,14H2,1-2H3,(H,23,25). The third kappa shape index (κ3) is 4.73. The Labute approximate surface area is 164 Å². The van der Waals surface area contributed by atoms with Gasteiger partial charge in [-0.05, 0) is 43.2 Å². The molecule has 0 unspecified atom stereocenters. The maximum Gasteiger partial charge on any atom is 0.253 e. The lowest BCUT2D eigenvalue weighted by Crippen LogP contribution is -2.27. The minimum Gasteiger partial charge on any atom is -0.497 e. The molecule has 1 fully saturated rings. The highest BCUT2D eigenvalue weighted by molar-refractivity contribution is 5.97. The van der Waals surface area contributed by atoms with Gasteiger partial charge in [0, 0.05) is 30.4 Å². The topological polar surface area (TPSA) is 79.9 Å². The Morgan fingerprint density at radius 2 is 1.82 bits per heavy atom. The predicted molar refractivity (Wildman–Crippen MR) is 108 cm³/mol. The number of carbonyl (C=O) groups is 2. The zero-order valence-corrected chi connectivity index (χ0v) is 16.2. The van der Waals surface area contributed by atoms with E-state index in [1.807, 2.05) is 17.0 Å². The third-order valence-electron chi connectivity index (χ3n) is 4.64. The summed E-state index contributed by atoms with van der Waals surface area (Å²) in [6.45, 7) is 1.67. The van der Waals surface area contributed by atoms with Gasteiger partial charge in [0.2, 0.25) is 5.91 Å². The van der Waals surface area contributed by atoms with Gasteiger partial charge >= 0.3 is 0 Å². The van der Waals surface area contributed by atoms with Crippen LogP contribution in [-0.2, 0) is 4.79 Å². The van der Waals surface area contributed by atoms with E-state index in [1.165, 1.54) is 0 Å². The van der Waals surface area contributed by atoms with Gasteiger partial charge in [0.25, 0.3) is 5.91 Å². The Balaban J connectivity index is 1.60. The maximum atomic E-state index is 12.5. The van der Waals surface area contributed by atoms with Gasteiger partial charge in [-0.2, -0.15) is 0 Å². The molecule has 0 aromatic heterocycles. The molecule has 28 heavy (non-hydrogen) atoms. The van der Waals surface area contributed by atoms with Gasteiger partial charge in [-0.3, -0.25) is 9.59 Å². The lowest BCUT2D eigenvalue weighted by molar-refractivity contribution is -0.114. The van der Waals surface area contributed by atoms with Crippen molar-refractivity contribution in [3.8, 4) is 11.5 Å². The number of hydrogen-bond donors (Lipinski definition) is 2. The first kappa shape index (κ1) is 19.5. The number of anilines is 2. The molecule has 0 radical (unpaired) electrons. The molecule has 0 saturated carbocycles. The first-order valence-corrected chi connectivity index (χ1v) is 9.26. The predicted octanol–water partition coefficient (Wildman–Crippen LogP) is 2.99. The van der Waals surface area contributed by atoms with E-state index in [2.05, 4.69) is 10.6 Å². The van der Waals surface area contributed by atoms with Gasteiger partial charge in [-0.1, -0.05) is 6.07 Å². The molecule has 7 heteroatoms. The molecule has 2 aromatic carbocycles. The summed E-state index contributed by atoms with van der Waals surface area (Å²) in [5, 5.41) is 5.87. The van der Waals surface area contributed by atoms with E-state index in [9.17, 15) is 9.59 Å². The molecule has 1 heterocycles. The summed E-state index contributed by atoms with van der Waals surface area (Å²) >= 11 is 0. The van der Waals surface area contributed by atoms with Crippen molar-refractivity contribution in [2.75, 3.05) is 44.5 Å². The molecule has 2 amide bonds. The number of nitrogens with zero attached hydrogens (tertiary/aromatic N) is 1. The number of hydrogen-bond acceptors (Lipinski definition) is 5. The molecule has 2 N–H and O–H groups in total. The van der Waals surface area contributed by atoms with Gasteiger partial charge < -0.3 is 25.0 Å². The molecule has 2 aromatic rings. The summed E-state index contributed by atoms with van der Waals surface area (Å²) in [6.07, 6.45) is 2.11. The first-order chi connectivity index (χ1) is 13.6. The van der Waals surface area contributed by atoms with Crippen LogP contribution in [0.1, 0.15) is 23.2 Å². The van der Waals surface area contributed by atoms with Crippen molar-refractivity contribution in [1.82, 2.24) is 4.90 Å². The van der Waals surface area contributed by atoms with Crippen LogP contribution in [0.2, 0.25) is 0 Å². The summed E-state index contributed by atoms with van der Waals surface area (Å²) < 4.78 is 10.5. The molecule has 0 atom stereocenters. The van der Waals surface area contributed by atoms with Crippen LogP contribution in [0.3, 0.4) is 0 Å². The minimum atomic E-state index is -0.233. The van der Waals surface area contributed by atoms with Crippen LogP contribution in [0.5, 0.6) is 11.5 Å². The summed E-state index contributed by atoms with van der Waals surface area (Å²) in [5.41, 5.74) is 1.88. The fourth-order valence-corrected chi connectivity index (χ4v) is 3.15. The second kappa shape index (κ2) is 9.12. The number of likely N-dealkylation sites (tertiary alicyclic amines) is 1. The van der Waals surface area contributed by atoms with E-state index < -0.39 is 0 Å². The van der Waals surface area contributed by atoms with E-state index in [0.29, 0.717) is 22.7 Å². The van der Waals surface area contributed by atoms with Crippen LogP contribution in [0.15, 0.2) is 42.5 Å². The van der Waals surface area contributed by atoms with Crippen molar-refractivity contribution in [2.45, 2.75) is 12.8 Å². The van der Waals surface area contributed by atoms with Crippen molar-refractivity contribution >= 4 is 23.2 Å². The average Bonchev–Trinajstić information content (AvgIpc) is 3.26. The molecule has 148 valence electrons. The van der Waals surface area contributed by atoms with E-state index in [-0.39, 0.29) is 18.4 Å². The fourth-order valence-electron chi connectivity index (χ4n) is 3.15. The van der Waals surface area contributed by atoms with Crippen molar-refractivity contribution in [3.63, 3.8) is 0 Å². The van der Waals surface area contributed by atoms with Crippen LogP contribution in [0, 0.1) is 0 Å². The highest BCUT2D eigenvalue weighted by Gasteiger charge is 2.19. The first-order valence-electron chi connectivity index (χ1n) is 9.26. The third-order valence-corrected chi connectivity index (χ3v) is 4.64. The van der Waals surface area contributed by atoms with E-state index in [0.717, 1.165) is 31.6 Å². The molecule has 1 aliphatic rings. The zero-order chi connectivity index (χ0) is 19.9. The number of benzene rings is 2. The van der Waals surface area contributed by atoms with Gasteiger partial charge in [-0.15, -0.1) is 0 Å². The Morgan fingerprint density at radius 1 is 1.04 bits per heavy atom. The van der Waals surface area contributed by atoms with Crippen molar-refractivity contribution in [2.24, 2.45) is 0 Å². The normalized spacial score (nSPS) is 13.1. The quantitative estimate of drug-likeness (QED) is 0.768. The van der Waals surface area contributed by atoms with Crippen LogP contribution in [-0.4, -0.2) is 50.6 Å². The monoisotopic (exact) mass is 383 g/mol. The van der Waals surface area contributed by atoms with Crippen LogP contribution >= 0.6 is 0 Å². The van der Waals surface area contributed by atoms with Gasteiger partial charge in [0.05, 0.1) is 26.5 Å². The summed E-state index contributed by atoms with van der Waals surface area (Å²) in [4.78, 5) is 26.7. The van der Waals surface area contributed by atoms with Crippen molar-refractivity contribution < 1.29 is 19.1 Å². The number of ether oxygens (including phenoxy) is 2. The van der Waals surface area contributed by atoms with Crippen LogP contribution in [0.4, 0.5) is 11.4 Å². The Kier molecular flexibility index (Phi) is 6.37. The molecule has 0 aliphatic carbocycles. The van der Waals surface area contributed by atoms with E-state index in [4.69, 9.17) is 9.47 Å². The average molecular weight is 383 g/mol. The van der Waals surface area contributed by atoms with E-state index >= 15 is 0 Å². The Morgan fingerprint density at radius 3 is 2.54 bits per heavy atom. The van der Waals surface area contributed by atoms with Crippen molar-refractivity contribution in [3.05, 3.63) is 48.0 Å².